The first-order valence-electron chi connectivity index (χ1n) is 7.83. The van der Waals surface area contributed by atoms with Gasteiger partial charge >= 0.3 is 0 Å². The maximum absolute atomic E-state index is 5.73. The Labute approximate surface area is 123 Å². The minimum atomic E-state index is 0.456. The molecule has 1 saturated heterocycles. The van der Waals surface area contributed by atoms with Crippen molar-refractivity contribution in [3.8, 4) is 0 Å². The van der Waals surface area contributed by atoms with Crippen LogP contribution in [-0.4, -0.2) is 43.8 Å². The first-order valence-corrected chi connectivity index (χ1v) is 7.83. The second-order valence-electron chi connectivity index (χ2n) is 5.84. The van der Waals surface area contributed by atoms with E-state index in [4.69, 9.17) is 4.74 Å². The third kappa shape index (κ3) is 3.81. The van der Waals surface area contributed by atoms with Gasteiger partial charge in [0.15, 0.2) is 0 Å². The highest BCUT2D eigenvalue weighted by Crippen LogP contribution is 2.27. The molecule has 0 spiro atoms. The zero-order valence-electron chi connectivity index (χ0n) is 13.0. The van der Waals surface area contributed by atoms with E-state index >= 15 is 0 Å². The number of piperazine rings is 1. The molecule has 20 heavy (non-hydrogen) atoms. The molecule has 3 nitrogen and oxygen atoms in total. The van der Waals surface area contributed by atoms with E-state index in [-0.39, 0.29) is 0 Å². The van der Waals surface area contributed by atoms with Crippen LogP contribution in [0, 0.1) is 5.92 Å². The smallest absolute Gasteiger partial charge is 0.0624 e. The maximum atomic E-state index is 5.73. The highest BCUT2D eigenvalue weighted by molar-refractivity contribution is 5.20. The van der Waals surface area contributed by atoms with Crippen LogP contribution < -0.4 is 5.32 Å². The first kappa shape index (κ1) is 15.5. The van der Waals surface area contributed by atoms with E-state index < -0.39 is 0 Å². The predicted molar refractivity (Wildman–Crippen MR) is 83.9 cm³/mol. The van der Waals surface area contributed by atoms with Crippen LogP contribution in [0.15, 0.2) is 30.3 Å². The SMILES string of the molecule is CCOCC(C(C)C)N1CCNCC1c1ccccc1. The largest absolute Gasteiger partial charge is 0.380 e. The van der Waals surface area contributed by atoms with E-state index in [1.54, 1.807) is 0 Å². The molecule has 2 rings (SSSR count). The van der Waals surface area contributed by atoms with E-state index in [1.165, 1.54) is 5.56 Å². The van der Waals surface area contributed by atoms with Crippen molar-refractivity contribution in [2.24, 2.45) is 5.92 Å². The number of benzene rings is 1. The molecular formula is C17H28N2O. The standard InChI is InChI=1S/C17H28N2O/c1-4-20-13-17(14(2)3)19-11-10-18-12-16(19)15-8-6-5-7-9-15/h5-9,14,16-18H,4,10-13H2,1-3H3. The lowest BCUT2D eigenvalue weighted by atomic mass is 9.96. The predicted octanol–water partition coefficient (Wildman–Crippen LogP) is 2.69. The van der Waals surface area contributed by atoms with Crippen LogP contribution in [0.1, 0.15) is 32.4 Å². The van der Waals surface area contributed by atoms with E-state index in [9.17, 15) is 0 Å². The van der Waals surface area contributed by atoms with Gasteiger partial charge in [-0.15, -0.1) is 0 Å². The van der Waals surface area contributed by atoms with Gasteiger partial charge in [-0.25, -0.2) is 0 Å². The first-order chi connectivity index (χ1) is 9.74. The van der Waals surface area contributed by atoms with Gasteiger partial charge in [0.2, 0.25) is 0 Å². The Balaban J connectivity index is 2.16. The summed E-state index contributed by atoms with van der Waals surface area (Å²) < 4.78 is 5.73. The number of hydrogen-bond acceptors (Lipinski definition) is 3. The van der Waals surface area contributed by atoms with Crippen molar-refractivity contribution in [3.05, 3.63) is 35.9 Å². The molecule has 0 bridgehead atoms. The number of nitrogens with zero attached hydrogens (tertiary/aromatic N) is 1. The Hall–Kier alpha value is -0.900. The van der Waals surface area contributed by atoms with E-state index in [2.05, 4.69) is 61.3 Å². The van der Waals surface area contributed by atoms with E-state index in [0.29, 0.717) is 18.0 Å². The molecule has 2 atom stereocenters. The van der Waals surface area contributed by atoms with E-state index in [0.717, 1.165) is 32.8 Å². The Morgan fingerprint density at radius 3 is 2.70 bits per heavy atom. The molecule has 1 aliphatic heterocycles. The molecular weight excluding hydrogens is 248 g/mol. The average molecular weight is 276 g/mol. The molecule has 0 aromatic heterocycles. The Morgan fingerprint density at radius 1 is 1.30 bits per heavy atom. The molecule has 1 aromatic rings. The van der Waals surface area contributed by atoms with Crippen molar-refractivity contribution >= 4 is 0 Å². The summed E-state index contributed by atoms with van der Waals surface area (Å²) in [6.45, 7) is 11.5. The number of hydrogen-bond donors (Lipinski definition) is 1. The van der Waals surface area contributed by atoms with Gasteiger partial charge < -0.3 is 10.1 Å². The van der Waals surface area contributed by atoms with Gasteiger partial charge in [-0.05, 0) is 18.4 Å². The molecule has 0 amide bonds. The van der Waals surface area contributed by atoms with Gasteiger partial charge in [0.05, 0.1) is 6.61 Å². The van der Waals surface area contributed by atoms with Gasteiger partial charge in [0.25, 0.3) is 0 Å². The lowest BCUT2D eigenvalue weighted by Gasteiger charge is -2.43. The minimum absolute atomic E-state index is 0.456. The van der Waals surface area contributed by atoms with Gasteiger partial charge in [0, 0.05) is 38.3 Å². The lowest BCUT2D eigenvalue weighted by Crippen LogP contribution is -2.53. The number of ether oxygens (including phenoxy) is 1. The van der Waals surface area contributed by atoms with Crippen molar-refractivity contribution in [2.45, 2.75) is 32.9 Å². The average Bonchev–Trinajstić information content (AvgIpc) is 2.49. The van der Waals surface area contributed by atoms with Crippen molar-refractivity contribution in [1.29, 1.82) is 0 Å². The van der Waals surface area contributed by atoms with Crippen LogP contribution in [-0.2, 0) is 4.74 Å². The van der Waals surface area contributed by atoms with Crippen LogP contribution >= 0.6 is 0 Å². The lowest BCUT2D eigenvalue weighted by molar-refractivity contribution is 0.0107. The van der Waals surface area contributed by atoms with Gasteiger partial charge in [-0.3, -0.25) is 4.90 Å². The molecule has 2 unspecified atom stereocenters. The third-order valence-electron chi connectivity index (χ3n) is 4.16. The van der Waals surface area contributed by atoms with Crippen LogP contribution in [0.4, 0.5) is 0 Å². The molecule has 1 N–H and O–H groups in total. The summed E-state index contributed by atoms with van der Waals surface area (Å²) in [6.07, 6.45) is 0. The summed E-state index contributed by atoms with van der Waals surface area (Å²) in [4.78, 5) is 2.63. The number of rotatable bonds is 6. The highest BCUT2D eigenvalue weighted by atomic mass is 16.5. The quantitative estimate of drug-likeness (QED) is 0.864. The highest BCUT2D eigenvalue weighted by Gasteiger charge is 2.31. The monoisotopic (exact) mass is 276 g/mol. The zero-order valence-corrected chi connectivity index (χ0v) is 13.0. The summed E-state index contributed by atoms with van der Waals surface area (Å²) in [7, 11) is 0. The summed E-state index contributed by atoms with van der Waals surface area (Å²) in [5.41, 5.74) is 1.40. The number of nitrogens with one attached hydrogen (secondary N) is 1. The molecule has 1 fully saturated rings. The van der Waals surface area contributed by atoms with Gasteiger partial charge in [-0.1, -0.05) is 44.2 Å². The maximum Gasteiger partial charge on any atom is 0.0624 e. The van der Waals surface area contributed by atoms with Crippen LogP contribution in [0.3, 0.4) is 0 Å². The molecule has 0 radical (unpaired) electrons. The van der Waals surface area contributed by atoms with Crippen molar-refractivity contribution < 1.29 is 4.74 Å². The summed E-state index contributed by atoms with van der Waals surface area (Å²) in [5.74, 6) is 0.603. The van der Waals surface area contributed by atoms with Crippen LogP contribution in [0.5, 0.6) is 0 Å². The normalized spacial score (nSPS) is 22.1. The van der Waals surface area contributed by atoms with Crippen LogP contribution in [0.25, 0.3) is 0 Å². The third-order valence-corrected chi connectivity index (χ3v) is 4.16. The second kappa shape index (κ2) is 7.77. The summed E-state index contributed by atoms with van der Waals surface area (Å²) in [5, 5.41) is 3.53. The minimum Gasteiger partial charge on any atom is -0.380 e. The van der Waals surface area contributed by atoms with Gasteiger partial charge in [0.1, 0.15) is 0 Å². The Morgan fingerprint density at radius 2 is 2.05 bits per heavy atom. The fraction of sp³-hybridized carbons (Fsp3) is 0.647. The molecule has 112 valence electrons. The van der Waals surface area contributed by atoms with Crippen LogP contribution in [0.2, 0.25) is 0 Å². The molecule has 0 aliphatic carbocycles. The van der Waals surface area contributed by atoms with Crippen molar-refractivity contribution in [2.75, 3.05) is 32.8 Å². The summed E-state index contributed by atoms with van der Waals surface area (Å²) in [6, 6.07) is 11.8. The zero-order chi connectivity index (χ0) is 14.4. The fourth-order valence-electron chi connectivity index (χ4n) is 3.01. The van der Waals surface area contributed by atoms with Crippen molar-refractivity contribution in [1.82, 2.24) is 10.2 Å². The molecule has 3 heteroatoms. The molecule has 1 aromatic carbocycles. The Kier molecular flexibility index (Phi) is 6.02. The molecule has 1 heterocycles. The fourth-order valence-corrected chi connectivity index (χ4v) is 3.01. The van der Waals surface area contributed by atoms with Crippen molar-refractivity contribution in [3.63, 3.8) is 0 Å². The second-order valence-corrected chi connectivity index (χ2v) is 5.84. The van der Waals surface area contributed by atoms with E-state index in [1.807, 2.05) is 0 Å². The topological polar surface area (TPSA) is 24.5 Å². The summed E-state index contributed by atoms with van der Waals surface area (Å²) >= 11 is 0. The Bertz CT molecular complexity index is 380. The van der Waals surface area contributed by atoms with Gasteiger partial charge in [-0.2, -0.15) is 0 Å². The molecule has 1 aliphatic rings. The molecule has 0 saturated carbocycles.